The van der Waals surface area contributed by atoms with Crippen LogP contribution in [0.4, 0.5) is 0 Å². The summed E-state index contributed by atoms with van der Waals surface area (Å²) < 4.78 is 27.6. The van der Waals surface area contributed by atoms with Crippen molar-refractivity contribution < 1.29 is 13.5 Å². The minimum atomic E-state index is -3.89. The highest BCUT2D eigenvalue weighted by atomic mass is 32.2. The molecule has 1 saturated heterocycles. The third kappa shape index (κ3) is 3.56. The zero-order valence-electron chi connectivity index (χ0n) is 16.1. The molecule has 2 fully saturated rings. The van der Waals surface area contributed by atoms with Gasteiger partial charge < -0.3 is 5.11 Å². The molecule has 0 spiro atoms. The second-order valence-electron chi connectivity index (χ2n) is 7.62. The molecule has 4 rings (SSSR count). The summed E-state index contributed by atoms with van der Waals surface area (Å²) in [6, 6.07) is 14.8. The SMILES string of the molecule is Cc1ccccc1S(=O)(=O)N1[C@H](CO)[C@@H](c2ccc(C#CC3CC3)cc2)[C@@H]1C#N. The summed E-state index contributed by atoms with van der Waals surface area (Å²) in [7, 11) is -3.89. The van der Waals surface area contributed by atoms with E-state index in [-0.39, 0.29) is 17.4 Å². The van der Waals surface area contributed by atoms with Crippen LogP contribution in [-0.4, -0.2) is 36.5 Å². The number of aliphatic hydroxyl groups excluding tert-OH is 1. The van der Waals surface area contributed by atoms with E-state index in [1.165, 1.54) is 18.9 Å². The number of sulfonamides is 1. The third-order valence-corrected chi connectivity index (χ3v) is 7.68. The van der Waals surface area contributed by atoms with E-state index >= 15 is 0 Å². The second-order valence-corrected chi connectivity index (χ2v) is 9.43. The van der Waals surface area contributed by atoms with Crippen molar-refractivity contribution in [3.8, 4) is 17.9 Å². The van der Waals surface area contributed by atoms with E-state index in [1.54, 1.807) is 25.1 Å². The molecule has 1 aliphatic carbocycles. The monoisotopic (exact) mass is 406 g/mol. The highest BCUT2D eigenvalue weighted by Gasteiger charge is 2.55. The van der Waals surface area contributed by atoms with E-state index < -0.39 is 22.1 Å². The molecular weight excluding hydrogens is 384 g/mol. The van der Waals surface area contributed by atoms with Crippen molar-refractivity contribution in [2.24, 2.45) is 5.92 Å². The average molecular weight is 407 g/mol. The molecule has 0 amide bonds. The van der Waals surface area contributed by atoms with Gasteiger partial charge in [0.1, 0.15) is 6.04 Å². The number of hydrogen-bond donors (Lipinski definition) is 1. The Morgan fingerprint density at radius 2 is 1.83 bits per heavy atom. The van der Waals surface area contributed by atoms with Crippen molar-refractivity contribution in [1.29, 1.82) is 5.26 Å². The lowest BCUT2D eigenvalue weighted by Crippen LogP contribution is -2.65. The number of nitriles is 1. The van der Waals surface area contributed by atoms with Gasteiger partial charge in [0.15, 0.2) is 0 Å². The molecule has 3 atom stereocenters. The van der Waals surface area contributed by atoms with Gasteiger partial charge in [0.2, 0.25) is 10.0 Å². The fraction of sp³-hybridized carbons (Fsp3) is 0.348. The molecule has 2 aromatic rings. The molecule has 5 nitrogen and oxygen atoms in total. The average Bonchev–Trinajstić information content (AvgIpc) is 3.52. The third-order valence-electron chi connectivity index (χ3n) is 5.62. The Bertz CT molecular complexity index is 1120. The lowest BCUT2D eigenvalue weighted by Gasteiger charge is -2.50. The van der Waals surface area contributed by atoms with Gasteiger partial charge in [-0.1, -0.05) is 42.2 Å². The number of benzene rings is 2. The minimum absolute atomic E-state index is 0.169. The number of aliphatic hydroxyl groups is 1. The maximum Gasteiger partial charge on any atom is 0.244 e. The molecule has 0 aromatic heterocycles. The van der Waals surface area contributed by atoms with Gasteiger partial charge in [-0.05, 0) is 49.1 Å². The molecule has 0 unspecified atom stereocenters. The van der Waals surface area contributed by atoms with Gasteiger partial charge in [-0.25, -0.2) is 8.42 Å². The molecule has 1 aliphatic heterocycles. The van der Waals surface area contributed by atoms with E-state index in [0.29, 0.717) is 11.5 Å². The van der Waals surface area contributed by atoms with E-state index in [0.717, 1.165) is 15.4 Å². The van der Waals surface area contributed by atoms with E-state index in [2.05, 4.69) is 17.9 Å². The first kappa shape index (κ1) is 19.7. The summed E-state index contributed by atoms with van der Waals surface area (Å²) in [5.41, 5.74) is 2.35. The molecule has 29 heavy (non-hydrogen) atoms. The molecule has 1 saturated carbocycles. The van der Waals surface area contributed by atoms with Crippen molar-refractivity contribution in [1.82, 2.24) is 4.31 Å². The van der Waals surface area contributed by atoms with Crippen molar-refractivity contribution in [2.75, 3.05) is 6.61 Å². The van der Waals surface area contributed by atoms with E-state index in [1.807, 2.05) is 24.3 Å². The molecule has 6 heteroatoms. The van der Waals surface area contributed by atoms with Crippen molar-refractivity contribution in [3.05, 3.63) is 65.2 Å². The highest BCUT2D eigenvalue weighted by Crippen LogP contribution is 2.44. The Balaban J connectivity index is 1.63. The smallest absolute Gasteiger partial charge is 0.244 e. The lowest BCUT2D eigenvalue weighted by molar-refractivity contribution is 0.0556. The van der Waals surface area contributed by atoms with Crippen LogP contribution >= 0.6 is 0 Å². The van der Waals surface area contributed by atoms with E-state index in [9.17, 15) is 18.8 Å². The Labute approximate surface area is 171 Å². The van der Waals surface area contributed by atoms with Crippen LogP contribution in [0.15, 0.2) is 53.4 Å². The van der Waals surface area contributed by atoms with Crippen LogP contribution in [0.2, 0.25) is 0 Å². The zero-order chi connectivity index (χ0) is 20.6. The number of hydrogen-bond acceptors (Lipinski definition) is 4. The summed E-state index contributed by atoms with van der Waals surface area (Å²) in [6.07, 6.45) is 2.33. The Morgan fingerprint density at radius 3 is 2.41 bits per heavy atom. The molecular formula is C23H22N2O3S. The van der Waals surface area contributed by atoms with Crippen molar-refractivity contribution in [2.45, 2.75) is 42.7 Å². The predicted octanol–water partition coefficient (Wildman–Crippen LogP) is 2.80. The second kappa shape index (κ2) is 7.65. The first-order valence-corrected chi connectivity index (χ1v) is 11.1. The first-order chi connectivity index (χ1) is 14.0. The number of rotatable bonds is 4. The largest absolute Gasteiger partial charge is 0.395 e. The summed E-state index contributed by atoms with van der Waals surface area (Å²) in [4.78, 5) is 0.169. The Hall–Kier alpha value is -2.64. The maximum atomic E-state index is 13.2. The molecule has 2 aromatic carbocycles. The summed E-state index contributed by atoms with van der Waals surface area (Å²) >= 11 is 0. The van der Waals surface area contributed by atoms with Crippen LogP contribution in [0.1, 0.15) is 35.4 Å². The van der Waals surface area contributed by atoms with Crippen molar-refractivity contribution >= 4 is 10.0 Å². The fourth-order valence-electron chi connectivity index (χ4n) is 3.86. The summed E-state index contributed by atoms with van der Waals surface area (Å²) in [5.74, 6) is 6.50. The van der Waals surface area contributed by atoms with Gasteiger partial charge >= 0.3 is 0 Å². The maximum absolute atomic E-state index is 13.2. The van der Waals surface area contributed by atoms with Crippen molar-refractivity contribution in [3.63, 3.8) is 0 Å². The van der Waals surface area contributed by atoms with Gasteiger partial charge in [0.05, 0.1) is 23.6 Å². The topological polar surface area (TPSA) is 81.4 Å². The van der Waals surface area contributed by atoms with Gasteiger partial charge in [-0.3, -0.25) is 0 Å². The van der Waals surface area contributed by atoms with Crippen LogP contribution in [0.5, 0.6) is 0 Å². The fourth-order valence-corrected chi connectivity index (χ4v) is 5.84. The molecule has 0 bridgehead atoms. The van der Waals surface area contributed by atoms with Gasteiger partial charge in [-0.15, -0.1) is 0 Å². The minimum Gasteiger partial charge on any atom is -0.395 e. The zero-order valence-corrected chi connectivity index (χ0v) is 16.9. The summed E-state index contributed by atoms with van der Waals surface area (Å²) in [6.45, 7) is 1.37. The standard InChI is InChI=1S/C23H22N2O3S/c1-16-4-2-3-5-22(16)29(27,28)25-20(14-24)23(21(25)15-26)19-12-10-18(11-13-19)9-8-17-6-7-17/h2-5,10-13,17,20-21,23,26H,6-7,15H2,1H3/t20-,21+,23-/m0/s1. The Morgan fingerprint density at radius 1 is 1.14 bits per heavy atom. The normalized spacial score (nSPS) is 24.1. The molecule has 0 radical (unpaired) electrons. The quantitative estimate of drug-likeness (QED) is 0.792. The molecule has 148 valence electrons. The lowest BCUT2D eigenvalue weighted by atomic mass is 9.78. The summed E-state index contributed by atoms with van der Waals surface area (Å²) in [5, 5.41) is 19.7. The molecule has 2 aliphatic rings. The van der Waals surface area contributed by atoms with Gasteiger partial charge in [0, 0.05) is 17.4 Å². The van der Waals surface area contributed by atoms with Crippen LogP contribution in [0, 0.1) is 36.0 Å². The van der Waals surface area contributed by atoms with Crippen LogP contribution in [0.3, 0.4) is 0 Å². The van der Waals surface area contributed by atoms with Crippen LogP contribution in [0.25, 0.3) is 0 Å². The molecule has 1 N–H and O–H groups in total. The first-order valence-electron chi connectivity index (χ1n) is 9.68. The van der Waals surface area contributed by atoms with Gasteiger partial charge in [-0.2, -0.15) is 9.57 Å². The molecule has 1 heterocycles. The highest BCUT2D eigenvalue weighted by molar-refractivity contribution is 7.89. The van der Waals surface area contributed by atoms with Crippen LogP contribution in [-0.2, 0) is 10.0 Å². The van der Waals surface area contributed by atoms with Crippen LogP contribution < -0.4 is 0 Å². The van der Waals surface area contributed by atoms with E-state index in [4.69, 9.17) is 0 Å². The van der Waals surface area contributed by atoms with Gasteiger partial charge in [0.25, 0.3) is 0 Å². The number of nitrogens with zero attached hydrogens (tertiary/aromatic N) is 2. The Kier molecular flexibility index (Phi) is 5.19. The predicted molar refractivity (Wildman–Crippen MR) is 109 cm³/mol. The number of aryl methyl sites for hydroxylation is 1.